The molecule has 0 aromatic rings. The summed E-state index contributed by atoms with van der Waals surface area (Å²) in [7, 11) is 0. The Bertz CT molecular complexity index is 15.5. The summed E-state index contributed by atoms with van der Waals surface area (Å²) in [5, 5.41) is 0. The molecule has 0 aromatic carbocycles. The summed E-state index contributed by atoms with van der Waals surface area (Å²) >= 11 is 7.37. The number of hydrogen-bond acceptors (Lipinski definition) is 0. The molecule has 0 amide bonds. The van der Waals surface area contributed by atoms with Crippen LogP contribution in [0.15, 0.2) is 0 Å². The topological polar surface area (TPSA) is 0 Å². The number of halogens is 4. The molecule has 0 aliphatic heterocycles. The average Bonchev–Trinajstić information content (AvgIpc) is 0.811. The van der Waals surface area contributed by atoms with Crippen LogP contribution in [0.4, 0.5) is 0 Å². The molecule has 0 radical (unpaired) electrons. The third-order valence-electron chi connectivity index (χ3n) is 0. The zero-order valence-electron chi connectivity index (χ0n) is 3.09. The molecule has 0 saturated carbocycles. The SMILES string of the molecule is [Cl-].[I][Al]([I])[I].[Na+]. The van der Waals surface area contributed by atoms with Gasteiger partial charge in [0.25, 0.3) is 0 Å². The first-order valence-corrected chi connectivity index (χ1v) is 13.2. The summed E-state index contributed by atoms with van der Waals surface area (Å²) in [6, 6.07) is 0. The Morgan fingerprint density at radius 1 is 1.00 bits per heavy atom. The van der Waals surface area contributed by atoms with Crippen molar-refractivity contribution in [2.75, 3.05) is 0 Å². The summed E-state index contributed by atoms with van der Waals surface area (Å²) in [5.74, 6) is 0. The fourth-order valence-corrected chi connectivity index (χ4v) is 0. The van der Waals surface area contributed by atoms with Gasteiger partial charge < -0.3 is 12.4 Å². The van der Waals surface area contributed by atoms with Crippen LogP contribution in [0.2, 0.25) is 0 Å². The third-order valence-corrected chi connectivity index (χ3v) is 0. The van der Waals surface area contributed by atoms with E-state index in [9.17, 15) is 0 Å². The normalized spacial score (nSPS) is 4.50. The van der Waals surface area contributed by atoms with E-state index in [1.807, 2.05) is 0 Å². The van der Waals surface area contributed by atoms with E-state index >= 15 is 0 Å². The van der Waals surface area contributed by atoms with Crippen molar-refractivity contribution in [2.45, 2.75) is 0 Å². The molecule has 0 N–H and O–H groups in total. The van der Waals surface area contributed by atoms with Gasteiger partial charge in [0.2, 0.25) is 0 Å². The van der Waals surface area contributed by atoms with E-state index in [0.717, 1.165) is 0 Å². The van der Waals surface area contributed by atoms with E-state index in [1.165, 1.54) is 0 Å². The van der Waals surface area contributed by atoms with Gasteiger partial charge in [-0.25, -0.2) is 0 Å². The quantitative estimate of drug-likeness (QED) is 0.255. The molecule has 0 aromatic heterocycles. The second-order valence-electron chi connectivity index (χ2n) is 0.247. The van der Waals surface area contributed by atoms with Crippen LogP contribution in [0, 0.1) is 0 Å². The zero-order chi connectivity index (χ0) is 3.58. The van der Waals surface area contributed by atoms with Gasteiger partial charge in [0.05, 0.1) is 0 Å². The Balaban J connectivity index is -0.0000000450. The van der Waals surface area contributed by atoms with E-state index in [-0.39, 0.29) is 46.3 Å². The molecule has 0 fully saturated rings. The van der Waals surface area contributed by atoms with Crippen molar-refractivity contribution < 1.29 is 42.0 Å². The largest absolute Gasteiger partial charge is 1.00 e. The van der Waals surface area contributed by atoms with Crippen LogP contribution in [0.3, 0.4) is 0 Å². The molecule has 0 atom stereocenters. The van der Waals surface area contributed by atoms with Crippen molar-refractivity contribution in [2.24, 2.45) is 0 Å². The summed E-state index contributed by atoms with van der Waals surface area (Å²) < 4.78 is -0.229. The van der Waals surface area contributed by atoms with Crippen molar-refractivity contribution in [1.29, 1.82) is 0 Å². The van der Waals surface area contributed by atoms with E-state index in [4.69, 9.17) is 0 Å². The zero-order valence-corrected chi connectivity index (χ0v) is 13.5. The van der Waals surface area contributed by atoms with E-state index in [2.05, 4.69) is 60.8 Å². The molecule has 0 spiro atoms. The minimum Gasteiger partial charge on any atom is -1.00 e. The molecule has 0 heterocycles. The van der Waals surface area contributed by atoms with Crippen molar-refractivity contribution in [3.63, 3.8) is 0 Å². The Labute approximate surface area is 104 Å². The molecule has 0 bridgehead atoms. The molecule has 0 saturated heterocycles. The Morgan fingerprint density at radius 3 is 1.00 bits per heavy atom. The van der Waals surface area contributed by atoms with Gasteiger partial charge in [0, 0.05) is 0 Å². The first-order valence-electron chi connectivity index (χ1n) is 0.655. The maximum Gasteiger partial charge on any atom is 1.00 e. The summed E-state index contributed by atoms with van der Waals surface area (Å²) in [6.07, 6.45) is 0. The van der Waals surface area contributed by atoms with Crippen molar-refractivity contribution in [3.05, 3.63) is 0 Å². The minimum absolute atomic E-state index is 0. The maximum atomic E-state index is 2.46. The van der Waals surface area contributed by atoms with E-state index in [1.54, 1.807) is 0 Å². The van der Waals surface area contributed by atoms with Gasteiger partial charge in [0.15, 0.2) is 0 Å². The predicted molar refractivity (Wildman–Crippen MR) is 47.8 cm³/mol. The van der Waals surface area contributed by atoms with E-state index < -0.39 is 0 Å². The van der Waals surface area contributed by atoms with Crippen LogP contribution in [-0.2, 0) is 0 Å². The van der Waals surface area contributed by atoms with Gasteiger partial charge in [-0.3, -0.25) is 0 Å². The molecule has 0 aliphatic rings. The number of hydrogen-bond donors (Lipinski definition) is 0. The Morgan fingerprint density at radius 2 is 1.00 bits per heavy atom. The summed E-state index contributed by atoms with van der Waals surface area (Å²) in [5.41, 5.74) is 0. The van der Waals surface area contributed by atoms with Gasteiger partial charge >= 0.3 is 33.9 Å². The van der Waals surface area contributed by atoms with Crippen LogP contribution in [0.5, 0.6) is 0 Å². The van der Waals surface area contributed by atoms with Gasteiger partial charge in [-0.15, -0.1) is 0 Å². The molecule has 0 nitrogen and oxygen atoms in total. The van der Waals surface area contributed by atoms with E-state index in [0.29, 0.717) is 0 Å². The van der Waals surface area contributed by atoms with Gasteiger partial charge in [-0.1, -0.05) is 0 Å². The molecule has 0 rings (SSSR count). The van der Waals surface area contributed by atoms with Crippen LogP contribution < -0.4 is 42.0 Å². The smallest absolute Gasteiger partial charge is 1.00 e. The average molecular weight is 466 g/mol. The third kappa shape index (κ3) is 24.5. The molecular formula is AlClI3Na. The first kappa shape index (κ1) is 16.5. The maximum absolute atomic E-state index is 2.46. The second kappa shape index (κ2) is 11.8. The molecular weight excluding hydrogens is 466 g/mol. The standard InChI is InChI=1S/Al.ClH.3HI.Na/h;4*1H;/q+3;;;;;+1/p-4. The van der Waals surface area contributed by atoms with Crippen molar-refractivity contribution >= 4 is 65.1 Å². The van der Waals surface area contributed by atoms with Crippen molar-refractivity contribution in [1.82, 2.24) is 0 Å². The Kier molecular flexibility index (Phi) is 32.4. The fraction of sp³-hybridized carbons (Fsp3) is 0. The molecule has 6 heavy (non-hydrogen) atoms. The van der Waals surface area contributed by atoms with Crippen LogP contribution in [0.1, 0.15) is 0 Å². The molecule has 6 heteroatoms. The second-order valence-corrected chi connectivity index (χ2v) is 33.4. The molecule has 0 aliphatic carbocycles. The molecule has 0 unspecified atom stereocenters. The van der Waals surface area contributed by atoms with Crippen LogP contribution in [0.25, 0.3) is 0 Å². The van der Waals surface area contributed by atoms with Gasteiger partial charge in [-0.05, 0) is 0 Å². The predicted octanol–water partition coefficient (Wildman–Crippen LogP) is -3.72. The van der Waals surface area contributed by atoms with Crippen LogP contribution >= 0.6 is 60.8 Å². The van der Waals surface area contributed by atoms with Gasteiger partial charge in [-0.2, -0.15) is 60.8 Å². The Hall–Kier alpha value is 4.01. The van der Waals surface area contributed by atoms with Gasteiger partial charge in [0.1, 0.15) is 0 Å². The number of rotatable bonds is 0. The summed E-state index contributed by atoms with van der Waals surface area (Å²) in [4.78, 5) is 0. The van der Waals surface area contributed by atoms with Crippen LogP contribution in [-0.4, -0.2) is 4.30 Å². The monoisotopic (exact) mass is 466 g/mol. The fourth-order valence-electron chi connectivity index (χ4n) is 0. The first-order chi connectivity index (χ1) is 1.73. The summed E-state index contributed by atoms with van der Waals surface area (Å²) in [6.45, 7) is 0. The van der Waals surface area contributed by atoms with Crippen molar-refractivity contribution in [3.8, 4) is 0 Å². The minimum atomic E-state index is -0.229. The molecule has 32 valence electrons.